The largest absolute Gasteiger partial charge is 0.364 e. The zero-order valence-corrected chi connectivity index (χ0v) is 16.0. The summed E-state index contributed by atoms with van der Waals surface area (Å²) in [4.78, 5) is 27.4. The second-order valence-electron chi connectivity index (χ2n) is 6.95. The van der Waals surface area contributed by atoms with Crippen LogP contribution in [0.2, 0.25) is 0 Å². The SMILES string of the molecule is Cc1cccc(-c2nc(CN(C)C)cn2-c2ccc3ncc(C(N)=O)n3c2)n1. The van der Waals surface area contributed by atoms with Crippen LogP contribution in [0.5, 0.6) is 0 Å². The third kappa shape index (κ3) is 3.25. The van der Waals surface area contributed by atoms with Gasteiger partial charge in [0.1, 0.15) is 17.0 Å². The number of primary amides is 1. The second-order valence-corrected chi connectivity index (χ2v) is 6.95. The van der Waals surface area contributed by atoms with Crippen LogP contribution in [0, 0.1) is 6.92 Å². The van der Waals surface area contributed by atoms with E-state index in [0.717, 1.165) is 28.6 Å². The lowest BCUT2D eigenvalue weighted by Gasteiger charge is -2.09. The summed E-state index contributed by atoms with van der Waals surface area (Å²) < 4.78 is 3.67. The molecular weight excluding hydrogens is 354 g/mol. The number of nitrogens with zero attached hydrogens (tertiary/aromatic N) is 6. The third-order valence-corrected chi connectivity index (χ3v) is 4.37. The van der Waals surface area contributed by atoms with Crippen molar-refractivity contribution in [3.05, 3.63) is 66.0 Å². The zero-order valence-electron chi connectivity index (χ0n) is 16.0. The Morgan fingerprint density at radius 2 is 1.96 bits per heavy atom. The average Bonchev–Trinajstić information content (AvgIpc) is 3.24. The molecule has 8 nitrogen and oxygen atoms in total. The van der Waals surface area contributed by atoms with Crippen LogP contribution in [-0.2, 0) is 6.54 Å². The Labute approximate surface area is 162 Å². The Morgan fingerprint density at radius 3 is 2.68 bits per heavy atom. The quantitative estimate of drug-likeness (QED) is 0.576. The highest BCUT2D eigenvalue weighted by Crippen LogP contribution is 2.23. The number of hydrogen-bond acceptors (Lipinski definition) is 5. The summed E-state index contributed by atoms with van der Waals surface area (Å²) in [6.45, 7) is 2.65. The lowest BCUT2D eigenvalue weighted by atomic mass is 10.3. The third-order valence-electron chi connectivity index (χ3n) is 4.37. The molecule has 4 aromatic heterocycles. The van der Waals surface area contributed by atoms with Gasteiger partial charge in [-0.2, -0.15) is 0 Å². The molecule has 0 unspecified atom stereocenters. The number of carbonyl (C=O) groups is 1. The van der Waals surface area contributed by atoms with Gasteiger partial charge in [-0.05, 0) is 45.3 Å². The molecule has 0 saturated carbocycles. The first-order valence-corrected chi connectivity index (χ1v) is 8.86. The Bertz CT molecular complexity index is 1170. The van der Waals surface area contributed by atoms with E-state index in [2.05, 4.69) is 14.9 Å². The maximum absolute atomic E-state index is 11.7. The van der Waals surface area contributed by atoms with Crippen molar-refractivity contribution in [1.29, 1.82) is 0 Å². The van der Waals surface area contributed by atoms with Crippen LogP contribution in [0.3, 0.4) is 0 Å². The molecule has 0 spiro atoms. The molecule has 4 rings (SSSR count). The van der Waals surface area contributed by atoms with Crippen LogP contribution in [-0.4, -0.2) is 48.8 Å². The summed E-state index contributed by atoms with van der Waals surface area (Å²) in [5.74, 6) is 0.213. The number of nitrogens with two attached hydrogens (primary N) is 1. The first-order valence-electron chi connectivity index (χ1n) is 8.86. The summed E-state index contributed by atoms with van der Waals surface area (Å²) in [5.41, 5.74) is 9.92. The summed E-state index contributed by atoms with van der Waals surface area (Å²) >= 11 is 0. The van der Waals surface area contributed by atoms with Crippen molar-refractivity contribution in [1.82, 2.24) is 28.8 Å². The Hall–Kier alpha value is -3.52. The topological polar surface area (TPSA) is 94.3 Å². The van der Waals surface area contributed by atoms with E-state index in [1.807, 2.05) is 68.3 Å². The van der Waals surface area contributed by atoms with Gasteiger partial charge in [-0.15, -0.1) is 0 Å². The number of hydrogen-bond donors (Lipinski definition) is 1. The minimum Gasteiger partial charge on any atom is -0.364 e. The smallest absolute Gasteiger partial charge is 0.267 e. The molecule has 0 aliphatic carbocycles. The van der Waals surface area contributed by atoms with Crippen LogP contribution in [0.1, 0.15) is 21.9 Å². The molecule has 0 aliphatic rings. The van der Waals surface area contributed by atoms with Crippen molar-refractivity contribution in [2.24, 2.45) is 5.73 Å². The highest BCUT2D eigenvalue weighted by molar-refractivity contribution is 5.91. The molecular formula is C20H21N7O. The highest BCUT2D eigenvalue weighted by Gasteiger charge is 2.16. The van der Waals surface area contributed by atoms with E-state index >= 15 is 0 Å². The Balaban J connectivity index is 1.90. The highest BCUT2D eigenvalue weighted by atomic mass is 16.1. The van der Waals surface area contributed by atoms with Crippen molar-refractivity contribution in [2.45, 2.75) is 13.5 Å². The molecule has 0 aromatic carbocycles. The lowest BCUT2D eigenvalue weighted by molar-refractivity contribution is 0.0995. The van der Waals surface area contributed by atoms with Crippen molar-refractivity contribution in [2.75, 3.05) is 14.1 Å². The molecule has 2 N–H and O–H groups in total. The van der Waals surface area contributed by atoms with Crippen molar-refractivity contribution in [3.63, 3.8) is 0 Å². The monoisotopic (exact) mass is 375 g/mol. The number of rotatable bonds is 5. The van der Waals surface area contributed by atoms with Crippen molar-refractivity contribution < 1.29 is 4.79 Å². The molecule has 0 saturated heterocycles. The number of pyridine rings is 2. The fourth-order valence-corrected chi connectivity index (χ4v) is 3.17. The second kappa shape index (κ2) is 6.90. The minimum atomic E-state index is -0.524. The fourth-order valence-electron chi connectivity index (χ4n) is 3.17. The van der Waals surface area contributed by atoms with Gasteiger partial charge in [0.05, 0.1) is 17.6 Å². The molecule has 1 amide bonds. The van der Waals surface area contributed by atoms with Crippen LogP contribution in [0.15, 0.2) is 48.9 Å². The van der Waals surface area contributed by atoms with Gasteiger partial charge >= 0.3 is 0 Å². The number of aryl methyl sites for hydroxylation is 1. The molecule has 4 aromatic rings. The van der Waals surface area contributed by atoms with Gasteiger partial charge in [-0.3, -0.25) is 13.8 Å². The number of amides is 1. The Kier molecular flexibility index (Phi) is 4.40. The van der Waals surface area contributed by atoms with E-state index in [4.69, 9.17) is 10.7 Å². The fraction of sp³-hybridized carbons (Fsp3) is 0.200. The molecule has 0 bridgehead atoms. The molecule has 142 valence electrons. The first kappa shape index (κ1) is 17.9. The first-order chi connectivity index (χ1) is 13.4. The van der Waals surface area contributed by atoms with Gasteiger partial charge in [0, 0.05) is 24.6 Å². The normalized spacial score (nSPS) is 11.4. The van der Waals surface area contributed by atoms with Crippen LogP contribution in [0.25, 0.3) is 22.9 Å². The van der Waals surface area contributed by atoms with E-state index in [-0.39, 0.29) is 0 Å². The van der Waals surface area contributed by atoms with E-state index in [1.165, 1.54) is 6.20 Å². The summed E-state index contributed by atoms with van der Waals surface area (Å²) in [5, 5.41) is 0. The standard InChI is InChI=1S/C20H21N7O/c1-13-5-4-6-16(23-13)20-24-14(10-25(2)3)11-26(20)15-7-8-18-22-9-17(19(21)28)27(18)12-15/h4-9,11-12H,10H2,1-3H3,(H2,21,28). The summed E-state index contributed by atoms with van der Waals surface area (Å²) in [6.07, 6.45) is 5.31. The number of aromatic nitrogens is 5. The van der Waals surface area contributed by atoms with Gasteiger partial charge in [0.15, 0.2) is 5.82 Å². The van der Waals surface area contributed by atoms with Gasteiger partial charge in [-0.1, -0.05) is 6.07 Å². The minimum absolute atomic E-state index is 0.334. The van der Waals surface area contributed by atoms with Crippen LogP contribution >= 0.6 is 0 Å². The molecule has 0 radical (unpaired) electrons. The predicted molar refractivity (Wildman–Crippen MR) is 106 cm³/mol. The zero-order chi connectivity index (χ0) is 19.8. The van der Waals surface area contributed by atoms with E-state index in [0.29, 0.717) is 17.9 Å². The van der Waals surface area contributed by atoms with Crippen molar-refractivity contribution in [3.8, 4) is 17.2 Å². The predicted octanol–water partition coefficient (Wildman–Crippen LogP) is 2.05. The Morgan fingerprint density at radius 1 is 1.14 bits per heavy atom. The molecule has 28 heavy (non-hydrogen) atoms. The van der Waals surface area contributed by atoms with Gasteiger partial charge < -0.3 is 10.6 Å². The number of carbonyl (C=O) groups excluding carboxylic acids is 1. The van der Waals surface area contributed by atoms with Gasteiger partial charge in [0.25, 0.3) is 5.91 Å². The summed E-state index contributed by atoms with van der Waals surface area (Å²) in [6, 6.07) is 9.64. The number of imidazole rings is 2. The van der Waals surface area contributed by atoms with Gasteiger partial charge in [0.2, 0.25) is 0 Å². The maximum atomic E-state index is 11.7. The maximum Gasteiger partial charge on any atom is 0.267 e. The van der Waals surface area contributed by atoms with Gasteiger partial charge in [-0.25, -0.2) is 15.0 Å². The molecule has 4 heterocycles. The average molecular weight is 375 g/mol. The summed E-state index contributed by atoms with van der Waals surface area (Å²) in [7, 11) is 4.00. The number of fused-ring (bicyclic) bond motifs is 1. The van der Waals surface area contributed by atoms with Crippen molar-refractivity contribution >= 4 is 11.6 Å². The molecule has 0 fully saturated rings. The molecule has 0 atom stereocenters. The lowest BCUT2D eigenvalue weighted by Crippen LogP contribution is -2.13. The van der Waals surface area contributed by atoms with E-state index in [9.17, 15) is 4.79 Å². The van der Waals surface area contributed by atoms with E-state index in [1.54, 1.807) is 4.40 Å². The molecule has 0 aliphatic heterocycles. The molecule has 8 heteroatoms. The van der Waals surface area contributed by atoms with Crippen LogP contribution in [0.4, 0.5) is 0 Å². The van der Waals surface area contributed by atoms with Crippen LogP contribution < -0.4 is 5.73 Å². The van der Waals surface area contributed by atoms with E-state index < -0.39 is 5.91 Å².